The van der Waals surface area contributed by atoms with Crippen LogP contribution in [0.1, 0.15) is 19.1 Å². The summed E-state index contributed by atoms with van der Waals surface area (Å²) in [7, 11) is 0. The maximum Gasteiger partial charge on any atom is 0.308 e. The summed E-state index contributed by atoms with van der Waals surface area (Å²) in [6.45, 7) is 3.14. The Kier molecular flexibility index (Phi) is 5.27. The highest BCUT2D eigenvalue weighted by Gasteiger charge is 2.30. The zero-order valence-corrected chi connectivity index (χ0v) is 15.0. The minimum atomic E-state index is -1.02. The fraction of sp³-hybridized carbons (Fsp3) is 0.294. The van der Waals surface area contributed by atoms with Gasteiger partial charge < -0.3 is 19.9 Å². The Balaban J connectivity index is 1.53. The van der Waals surface area contributed by atoms with Crippen molar-refractivity contribution in [2.75, 3.05) is 10.6 Å². The average molecular weight is 375 g/mol. The van der Waals surface area contributed by atoms with Crippen molar-refractivity contribution >= 4 is 41.1 Å². The minimum Gasteiger partial charge on any atom is -0.452 e. The van der Waals surface area contributed by atoms with Crippen molar-refractivity contribution in [1.29, 1.82) is 0 Å². The van der Waals surface area contributed by atoms with Crippen molar-refractivity contribution in [3.05, 3.63) is 36.1 Å². The molecule has 1 aromatic heterocycles. The monoisotopic (exact) mass is 375 g/mol. The summed E-state index contributed by atoms with van der Waals surface area (Å²) in [6, 6.07) is 8.90. The van der Waals surface area contributed by atoms with E-state index in [2.05, 4.69) is 15.8 Å². The Hall–Kier alpha value is -2.81. The van der Waals surface area contributed by atoms with Crippen molar-refractivity contribution in [1.82, 2.24) is 5.16 Å². The summed E-state index contributed by atoms with van der Waals surface area (Å²) in [4.78, 5) is 37.1. The zero-order valence-electron chi connectivity index (χ0n) is 14.1. The molecule has 0 bridgehead atoms. The largest absolute Gasteiger partial charge is 0.452 e. The van der Waals surface area contributed by atoms with E-state index >= 15 is 0 Å². The van der Waals surface area contributed by atoms with Gasteiger partial charge in [0.2, 0.25) is 5.91 Å². The standard InChI is InChI=1S/C17H17N3O5S/c1-9-7-14(20-25-9)19-16(22)10(2)24-15(21)8-13-17(23)18-11-5-3-4-6-12(11)26-13/h3-7,10,13H,8H2,1-2H3,(H,18,23)(H,19,20,22)/t10-,13+/m0/s1. The van der Waals surface area contributed by atoms with Crippen LogP contribution in [0.4, 0.5) is 11.5 Å². The van der Waals surface area contributed by atoms with Crippen LogP contribution in [-0.4, -0.2) is 34.3 Å². The SMILES string of the molecule is Cc1cc(NC(=O)[C@H](C)OC(=O)C[C@H]2Sc3ccccc3NC2=O)no1. The van der Waals surface area contributed by atoms with Gasteiger partial charge in [0.15, 0.2) is 11.9 Å². The number of hydrogen-bond acceptors (Lipinski definition) is 7. The number of carbonyl (C=O) groups excluding carboxylic acids is 3. The number of thioether (sulfide) groups is 1. The molecular weight excluding hydrogens is 358 g/mol. The summed E-state index contributed by atoms with van der Waals surface area (Å²) in [5, 5.41) is 8.28. The highest BCUT2D eigenvalue weighted by atomic mass is 32.2. The van der Waals surface area contributed by atoms with Crippen LogP contribution in [0.25, 0.3) is 0 Å². The predicted molar refractivity (Wildman–Crippen MR) is 94.8 cm³/mol. The zero-order chi connectivity index (χ0) is 18.7. The maximum atomic E-state index is 12.1. The number of anilines is 2. The lowest BCUT2D eigenvalue weighted by atomic mass is 10.2. The van der Waals surface area contributed by atoms with E-state index in [1.165, 1.54) is 18.7 Å². The molecule has 2 N–H and O–H groups in total. The van der Waals surface area contributed by atoms with Gasteiger partial charge in [0, 0.05) is 11.0 Å². The Bertz CT molecular complexity index is 850. The molecular formula is C17H17N3O5S. The van der Waals surface area contributed by atoms with E-state index in [0.717, 1.165) is 10.6 Å². The fourth-order valence-corrected chi connectivity index (χ4v) is 3.43. The van der Waals surface area contributed by atoms with Gasteiger partial charge >= 0.3 is 5.97 Å². The number of esters is 1. The van der Waals surface area contributed by atoms with Crippen LogP contribution in [0.5, 0.6) is 0 Å². The fourth-order valence-electron chi connectivity index (χ4n) is 2.33. The molecule has 0 saturated heterocycles. The van der Waals surface area contributed by atoms with Gasteiger partial charge in [0.1, 0.15) is 5.76 Å². The highest BCUT2D eigenvalue weighted by Crippen LogP contribution is 2.36. The molecule has 1 aliphatic rings. The lowest BCUT2D eigenvalue weighted by Crippen LogP contribution is -2.34. The second-order valence-electron chi connectivity index (χ2n) is 5.74. The number of nitrogens with one attached hydrogen (secondary N) is 2. The van der Waals surface area contributed by atoms with Gasteiger partial charge in [-0.25, -0.2) is 0 Å². The number of fused-ring (bicyclic) bond motifs is 1. The van der Waals surface area contributed by atoms with Crippen molar-refractivity contribution in [2.45, 2.75) is 36.5 Å². The number of amides is 2. The van der Waals surface area contributed by atoms with Crippen LogP contribution in [0, 0.1) is 6.92 Å². The third kappa shape index (κ3) is 4.23. The molecule has 9 heteroatoms. The van der Waals surface area contributed by atoms with Crippen molar-refractivity contribution < 1.29 is 23.6 Å². The Labute approximate surface area is 153 Å². The Morgan fingerprint density at radius 3 is 2.92 bits per heavy atom. The van der Waals surface area contributed by atoms with Crippen LogP contribution < -0.4 is 10.6 Å². The van der Waals surface area contributed by atoms with E-state index in [1.54, 1.807) is 19.1 Å². The molecule has 0 aliphatic carbocycles. The number of benzene rings is 1. The second kappa shape index (κ2) is 7.61. The minimum absolute atomic E-state index is 0.133. The number of nitrogens with zero attached hydrogens (tertiary/aromatic N) is 1. The van der Waals surface area contributed by atoms with Crippen LogP contribution in [0.3, 0.4) is 0 Å². The van der Waals surface area contributed by atoms with Crippen LogP contribution in [-0.2, 0) is 19.1 Å². The van der Waals surface area contributed by atoms with E-state index in [1.807, 2.05) is 18.2 Å². The quantitative estimate of drug-likeness (QED) is 0.772. The lowest BCUT2D eigenvalue weighted by molar-refractivity contribution is -0.153. The first-order valence-electron chi connectivity index (χ1n) is 7.92. The molecule has 136 valence electrons. The van der Waals surface area contributed by atoms with Crippen molar-refractivity contribution in [2.24, 2.45) is 0 Å². The molecule has 0 fully saturated rings. The molecule has 0 unspecified atom stereocenters. The molecule has 1 aliphatic heterocycles. The van der Waals surface area contributed by atoms with Crippen molar-refractivity contribution in [3.8, 4) is 0 Å². The Morgan fingerprint density at radius 1 is 1.42 bits per heavy atom. The smallest absolute Gasteiger partial charge is 0.308 e. The lowest BCUT2D eigenvalue weighted by Gasteiger charge is -2.23. The number of carbonyl (C=O) groups is 3. The summed E-state index contributed by atoms with van der Waals surface area (Å²) in [5.74, 6) is -0.630. The third-order valence-electron chi connectivity index (χ3n) is 3.62. The summed E-state index contributed by atoms with van der Waals surface area (Å²) in [5.41, 5.74) is 0.725. The molecule has 8 nitrogen and oxygen atoms in total. The van der Waals surface area contributed by atoms with Crippen LogP contribution in [0.2, 0.25) is 0 Å². The van der Waals surface area contributed by atoms with E-state index in [4.69, 9.17) is 9.26 Å². The first-order chi connectivity index (χ1) is 12.4. The number of rotatable bonds is 5. The van der Waals surface area contributed by atoms with Gasteiger partial charge in [-0.05, 0) is 26.0 Å². The summed E-state index contributed by atoms with van der Waals surface area (Å²) >= 11 is 1.30. The van der Waals surface area contributed by atoms with Crippen LogP contribution >= 0.6 is 11.8 Å². The van der Waals surface area contributed by atoms with Gasteiger partial charge in [0.25, 0.3) is 5.91 Å². The predicted octanol–water partition coefficient (Wildman–Crippen LogP) is 2.36. The van der Waals surface area contributed by atoms with E-state index < -0.39 is 23.2 Å². The highest BCUT2D eigenvalue weighted by molar-refractivity contribution is 8.01. The van der Waals surface area contributed by atoms with Gasteiger partial charge in [-0.2, -0.15) is 0 Å². The molecule has 26 heavy (non-hydrogen) atoms. The topological polar surface area (TPSA) is 111 Å². The molecule has 1 aromatic carbocycles. The van der Waals surface area contributed by atoms with E-state index in [9.17, 15) is 14.4 Å². The number of para-hydroxylation sites is 1. The van der Waals surface area contributed by atoms with E-state index in [0.29, 0.717) is 5.76 Å². The molecule has 2 amide bonds. The molecule has 3 rings (SSSR count). The second-order valence-corrected chi connectivity index (χ2v) is 6.98. The van der Waals surface area contributed by atoms with Crippen molar-refractivity contribution in [3.63, 3.8) is 0 Å². The Morgan fingerprint density at radius 2 is 2.19 bits per heavy atom. The normalized spacial score (nSPS) is 17.0. The van der Waals surface area contributed by atoms with Gasteiger partial charge in [-0.1, -0.05) is 17.3 Å². The first kappa shape index (κ1) is 18.0. The summed E-state index contributed by atoms with van der Waals surface area (Å²) in [6.07, 6.45) is -1.16. The average Bonchev–Trinajstić information content (AvgIpc) is 3.00. The number of aromatic nitrogens is 1. The third-order valence-corrected chi connectivity index (χ3v) is 4.89. The molecule has 2 aromatic rings. The summed E-state index contributed by atoms with van der Waals surface area (Å²) < 4.78 is 9.98. The van der Waals surface area contributed by atoms with Crippen LogP contribution in [0.15, 0.2) is 39.8 Å². The van der Waals surface area contributed by atoms with E-state index in [-0.39, 0.29) is 18.1 Å². The first-order valence-corrected chi connectivity index (χ1v) is 8.80. The molecule has 2 heterocycles. The van der Waals surface area contributed by atoms with Gasteiger partial charge in [-0.3, -0.25) is 14.4 Å². The molecule has 0 spiro atoms. The molecule has 0 radical (unpaired) electrons. The molecule has 2 atom stereocenters. The molecule has 0 saturated carbocycles. The number of aryl methyl sites for hydroxylation is 1. The number of hydrogen-bond donors (Lipinski definition) is 2. The van der Waals surface area contributed by atoms with Gasteiger partial charge in [-0.15, -0.1) is 11.8 Å². The maximum absolute atomic E-state index is 12.1. The number of ether oxygens (including phenoxy) is 1. The van der Waals surface area contributed by atoms with Gasteiger partial charge in [0.05, 0.1) is 17.4 Å².